The molecule has 0 bridgehead atoms. The van der Waals surface area contributed by atoms with Crippen LogP contribution in [0.2, 0.25) is 0 Å². The summed E-state index contributed by atoms with van der Waals surface area (Å²) in [5.74, 6) is 0. The number of hydrogen-bond acceptors (Lipinski definition) is 1. The number of hydrogen-bond donors (Lipinski definition) is 0. The molecule has 2 nitrogen and oxygen atoms in total. The van der Waals surface area contributed by atoms with E-state index in [1.54, 1.807) is 0 Å². The molecule has 0 radical (unpaired) electrons. The van der Waals surface area contributed by atoms with Gasteiger partial charge >= 0.3 is 0 Å². The van der Waals surface area contributed by atoms with E-state index in [0.717, 1.165) is 22.5 Å². The first kappa shape index (κ1) is 11.5. The highest BCUT2D eigenvalue weighted by Gasteiger charge is 2.03. The quantitative estimate of drug-likeness (QED) is 0.677. The van der Waals surface area contributed by atoms with E-state index in [1.807, 2.05) is 65.5 Å². The summed E-state index contributed by atoms with van der Waals surface area (Å²) in [4.78, 5) is 0. The van der Waals surface area contributed by atoms with Crippen molar-refractivity contribution in [2.75, 3.05) is 0 Å². The Kier molecular flexibility index (Phi) is 2.99. The van der Waals surface area contributed by atoms with Gasteiger partial charge in [-0.15, -0.1) is 0 Å². The van der Waals surface area contributed by atoms with Crippen molar-refractivity contribution in [3.05, 3.63) is 79.0 Å². The summed E-state index contributed by atoms with van der Waals surface area (Å²) in [5.41, 5.74) is 4.24. The zero-order valence-corrected chi connectivity index (χ0v) is 10.5. The molecule has 0 spiro atoms. The van der Waals surface area contributed by atoms with Crippen LogP contribution in [0.1, 0.15) is 5.56 Å². The Morgan fingerprint density at radius 1 is 0.947 bits per heavy atom. The number of aromatic nitrogens is 2. The predicted molar refractivity (Wildman–Crippen MR) is 79.1 cm³/mol. The van der Waals surface area contributed by atoms with Crippen molar-refractivity contribution in [3.63, 3.8) is 0 Å². The van der Waals surface area contributed by atoms with Crippen LogP contribution >= 0.6 is 0 Å². The van der Waals surface area contributed by atoms with E-state index in [1.165, 1.54) is 0 Å². The second-order valence-electron chi connectivity index (χ2n) is 4.31. The molecule has 3 rings (SSSR count). The fourth-order valence-electron chi connectivity index (χ4n) is 2.03. The molecule has 0 saturated heterocycles. The molecule has 3 aromatic rings. The van der Waals surface area contributed by atoms with Gasteiger partial charge in [0.05, 0.1) is 11.4 Å². The maximum Gasteiger partial charge on any atom is 0.0927 e. The lowest BCUT2D eigenvalue weighted by Crippen LogP contribution is -1.94. The largest absolute Gasteiger partial charge is 0.240 e. The topological polar surface area (TPSA) is 17.8 Å². The Hall–Kier alpha value is -2.61. The third kappa shape index (κ3) is 2.33. The molecule has 0 N–H and O–H groups in total. The minimum absolute atomic E-state index is 0.965. The van der Waals surface area contributed by atoms with Crippen LogP contribution in [-0.2, 0) is 0 Å². The number of nitrogens with zero attached hydrogens (tertiary/aromatic N) is 2. The van der Waals surface area contributed by atoms with Gasteiger partial charge in [0, 0.05) is 11.8 Å². The maximum atomic E-state index is 4.61. The molecule has 0 unspecified atom stereocenters. The summed E-state index contributed by atoms with van der Waals surface area (Å²) < 4.78 is 1.88. The molecule has 0 aliphatic rings. The van der Waals surface area contributed by atoms with Crippen molar-refractivity contribution in [2.24, 2.45) is 0 Å². The van der Waals surface area contributed by atoms with Crippen molar-refractivity contribution in [1.82, 2.24) is 9.78 Å². The van der Waals surface area contributed by atoms with Crippen molar-refractivity contribution in [3.8, 4) is 16.9 Å². The van der Waals surface area contributed by atoms with Gasteiger partial charge in [-0.3, -0.25) is 0 Å². The minimum Gasteiger partial charge on any atom is -0.240 e. The van der Waals surface area contributed by atoms with Crippen LogP contribution < -0.4 is 0 Å². The van der Waals surface area contributed by atoms with Crippen LogP contribution in [-0.4, -0.2) is 9.78 Å². The summed E-state index contributed by atoms with van der Waals surface area (Å²) >= 11 is 0. The molecule has 0 aliphatic heterocycles. The Balaban J connectivity index is 1.99. The molecule has 0 fully saturated rings. The van der Waals surface area contributed by atoms with Crippen LogP contribution in [0.25, 0.3) is 23.0 Å². The molecule has 1 heterocycles. The number of benzene rings is 2. The van der Waals surface area contributed by atoms with E-state index in [4.69, 9.17) is 0 Å². The first-order valence-corrected chi connectivity index (χ1v) is 6.21. The highest BCUT2D eigenvalue weighted by atomic mass is 15.3. The lowest BCUT2D eigenvalue weighted by Gasteiger charge is -2.01. The smallest absolute Gasteiger partial charge is 0.0927 e. The predicted octanol–water partition coefficient (Wildman–Crippen LogP) is 4.18. The first-order chi connectivity index (χ1) is 9.36. The van der Waals surface area contributed by atoms with Gasteiger partial charge in [-0.2, -0.15) is 5.10 Å². The Bertz CT molecular complexity index is 696. The first-order valence-electron chi connectivity index (χ1n) is 6.21. The fourth-order valence-corrected chi connectivity index (χ4v) is 2.03. The minimum atomic E-state index is 0.965. The lowest BCUT2D eigenvalue weighted by atomic mass is 10.1. The molecule has 0 aliphatic carbocycles. The van der Waals surface area contributed by atoms with Crippen molar-refractivity contribution in [1.29, 1.82) is 0 Å². The summed E-state index contributed by atoms with van der Waals surface area (Å²) in [6.45, 7) is 3.79. The van der Waals surface area contributed by atoms with Gasteiger partial charge in [-0.25, -0.2) is 4.68 Å². The molecule has 92 valence electrons. The van der Waals surface area contributed by atoms with Crippen LogP contribution in [0.15, 0.2) is 73.4 Å². The zero-order valence-electron chi connectivity index (χ0n) is 10.5. The molecular formula is C17H14N2. The van der Waals surface area contributed by atoms with Crippen LogP contribution in [0.5, 0.6) is 0 Å². The van der Waals surface area contributed by atoms with E-state index in [0.29, 0.717) is 0 Å². The average Bonchev–Trinajstić information content (AvgIpc) is 2.98. The Morgan fingerprint density at radius 3 is 2.58 bits per heavy atom. The van der Waals surface area contributed by atoms with E-state index in [-0.39, 0.29) is 0 Å². The molecule has 0 atom stereocenters. The molecule has 0 amide bonds. The molecule has 2 aromatic carbocycles. The van der Waals surface area contributed by atoms with E-state index < -0.39 is 0 Å². The van der Waals surface area contributed by atoms with E-state index >= 15 is 0 Å². The third-order valence-electron chi connectivity index (χ3n) is 3.03. The van der Waals surface area contributed by atoms with Gasteiger partial charge in [-0.1, -0.05) is 49.1 Å². The van der Waals surface area contributed by atoms with Gasteiger partial charge in [-0.05, 0) is 29.8 Å². The third-order valence-corrected chi connectivity index (χ3v) is 3.03. The van der Waals surface area contributed by atoms with Gasteiger partial charge in [0.1, 0.15) is 0 Å². The normalized spacial score (nSPS) is 10.3. The van der Waals surface area contributed by atoms with Crippen LogP contribution in [0.3, 0.4) is 0 Å². The fraction of sp³-hybridized carbons (Fsp3) is 0. The highest BCUT2D eigenvalue weighted by Crippen LogP contribution is 2.20. The Morgan fingerprint density at radius 2 is 1.79 bits per heavy atom. The van der Waals surface area contributed by atoms with E-state index in [9.17, 15) is 0 Å². The molecule has 0 saturated carbocycles. The van der Waals surface area contributed by atoms with E-state index in [2.05, 4.69) is 23.8 Å². The lowest BCUT2D eigenvalue weighted by molar-refractivity contribution is 0.884. The van der Waals surface area contributed by atoms with Gasteiger partial charge in [0.25, 0.3) is 0 Å². The summed E-state index contributed by atoms with van der Waals surface area (Å²) in [5, 5.41) is 4.61. The van der Waals surface area contributed by atoms with Gasteiger partial charge in [0.2, 0.25) is 0 Å². The Labute approximate surface area is 112 Å². The average molecular weight is 246 g/mol. The number of rotatable bonds is 3. The molecule has 1 aromatic heterocycles. The molecule has 19 heavy (non-hydrogen) atoms. The summed E-state index contributed by atoms with van der Waals surface area (Å²) in [7, 11) is 0. The van der Waals surface area contributed by atoms with Crippen LogP contribution in [0, 0.1) is 0 Å². The zero-order chi connectivity index (χ0) is 13.1. The standard InChI is InChI=1S/C17H14N2/c1-2-14-7-6-8-15(13-14)17-11-12-19(18-17)16-9-4-3-5-10-16/h2-13H,1H2. The second kappa shape index (κ2) is 4.94. The van der Waals surface area contributed by atoms with Gasteiger partial charge in [0.15, 0.2) is 0 Å². The monoisotopic (exact) mass is 246 g/mol. The summed E-state index contributed by atoms with van der Waals surface area (Å²) in [6, 6.07) is 20.3. The number of para-hydroxylation sites is 1. The van der Waals surface area contributed by atoms with Crippen molar-refractivity contribution < 1.29 is 0 Å². The molecular weight excluding hydrogens is 232 g/mol. The highest BCUT2D eigenvalue weighted by molar-refractivity contribution is 5.64. The second-order valence-corrected chi connectivity index (χ2v) is 4.31. The van der Waals surface area contributed by atoms with Crippen molar-refractivity contribution in [2.45, 2.75) is 0 Å². The summed E-state index contributed by atoms with van der Waals surface area (Å²) in [6.07, 6.45) is 3.82. The molecule has 2 heteroatoms. The SMILES string of the molecule is C=Cc1cccc(-c2ccn(-c3ccccc3)n2)c1. The maximum absolute atomic E-state index is 4.61. The van der Waals surface area contributed by atoms with Crippen LogP contribution in [0.4, 0.5) is 0 Å². The van der Waals surface area contributed by atoms with Crippen molar-refractivity contribution >= 4 is 6.08 Å². The van der Waals surface area contributed by atoms with Gasteiger partial charge < -0.3 is 0 Å².